The maximum atomic E-state index is 12.0. The van der Waals surface area contributed by atoms with Crippen molar-refractivity contribution in [2.24, 2.45) is 0 Å². The van der Waals surface area contributed by atoms with E-state index in [1.807, 2.05) is 19.1 Å². The number of nitrogens with zero attached hydrogens (tertiary/aromatic N) is 1. The molecule has 0 bridgehead atoms. The summed E-state index contributed by atoms with van der Waals surface area (Å²) in [5.41, 5.74) is 2.57. The second kappa shape index (κ2) is 5.41. The number of benzene rings is 1. The van der Waals surface area contributed by atoms with Gasteiger partial charge < -0.3 is 14.6 Å². The Morgan fingerprint density at radius 2 is 1.90 bits per heavy atom. The van der Waals surface area contributed by atoms with Crippen LogP contribution in [0.1, 0.15) is 29.0 Å². The summed E-state index contributed by atoms with van der Waals surface area (Å²) in [6, 6.07) is 9.73. The summed E-state index contributed by atoms with van der Waals surface area (Å²) >= 11 is 0. The van der Waals surface area contributed by atoms with Crippen LogP contribution in [0.15, 0.2) is 41.0 Å². The van der Waals surface area contributed by atoms with Crippen LogP contribution in [0.2, 0.25) is 0 Å². The fourth-order valence-corrected chi connectivity index (χ4v) is 2.50. The Labute approximate surface area is 118 Å². The number of amides is 1. The molecule has 104 valence electrons. The van der Waals surface area contributed by atoms with Gasteiger partial charge >= 0.3 is 0 Å². The molecule has 0 atom stereocenters. The molecule has 1 aromatic heterocycles. The third kappa shape index (κ3) is 2.69. The van der Waals surface area contributed by atoms with Crippen LogP contribution in [0, 0.1) is 6.92 Å². The zero-order valence-electron chi connectivity index (χ0n) is 11.6. The number of aryl methyl sites for hydroxylation is 1. The minimum atomic E-state index is -0.143. The highest BCUT2D eigenvalue weighted by Crippen LogP contribution is 2.22. The lowest BCUT2D eigenvalue weighted by Gasteiger charge is -2.17. The van der Waals surface area contributed by atoms with Crippen molar-refractivity contribution in [2.45, 2.75) is 19.8 Å². The first-order valence-corrected chi connectivity index (χ1v) is 6.94. The number of carbonyl (C=O) groups is 1. The molecule has 2 heterocycles. The molecular weight excluding hydrogens is 252 g/mol. The van der Waals surface area contributed by atoms with E-state index in [0.717, 1.165) is 24.5 Å². The predicted octanol–water partition coefficient (Wildman–Crippen LogP) is 3.44. The van der Waals surface area contributed by atoms with Gasteiger partial charge in [-0.15, -0.1) is 0 Å². The van der Waals surface area contributed by atoms with E-state index in [-0.39, 0.29) is 5.91 Å². The lowest BCUT2D eigenvalue weighted by Crippen LogP contribution is -2.17. The van der Waals surface area contributed by atoms with Crippen molar-refractivity contribution < 1.29 is 9.21 Å². The fraction of sp³-hybridized carbons (Fsp3) is 0.312. The average molecular weight is 270 g/mol. The van der Waals surface area contributed by atoms with E-state index in [4.69, 9.17) is 4.42 Å². The first-order chi connectivity index (χ1) is 9.72. The number of furan rings is 1. The van der Waals surface area contributed by atoms with Crippen molar-refractivity contribution in [3.63, 3.8) is 0 Å². The van der Waals surface area contributed by atoms with Gasteiger partial charge in [0.25, 0.3) is 5.91 Å². The van der Waals surface area contributed by atoms with Crippen LogP contribution >= 0.6 is 0 Å². The van der Waals surface area contributed by atoms with Gasteiger partial charge in [0.05, 0.1) is 5.56 Å². The maximum Gasteiger partial charge on any atom is 0.258 e. The number of hydrogen-bond donors (Lipinski definition) is 1. The van der Waals surface area contributed by atoms with Gasteiger partial charge in [0.1, 0.15) is 12.0 Å². The van der Waals surface area contributed by atoms with Gasteiger partial charge in [0.2, 0.25) is 0 Å². The van der Waals surface area contributed by atoms with Crippen molar-refractivity contribution in [3.8, 4) is 0 Å². The summed E-state index contributed by atoms with van der Waals surface area (Å²) in [5, 5.41) is 2.87. The Morgan fingerprint density at radius 1 is 1.20 bits per heavy atom. The van der Waals surface area contributed by atoms with Gasteiger partial charge in [-0.25, -0.2) is 0 Å². The molecule has 3 rings (SSSR count). The van der Waals surface area contributed by atoms with Gasteiger partial charge in [-0.2, -0.15) is 0 Å². The Kier molecular flexibility index (Phi) is 3.46. The molecule has 1 aliphatic rings. The summed E-state index contributed by atoms with van der Waals surface area (Å²) in [5.74, 6) is 0.593. The highest BCUT2D eigenvalue weighted by atomic mass is 16.3. The smallest absolute Gasteiger partial charge is 0.258 e. The quantitative estimate of drug-likeness (QED) is 0.929. The average Bonchev–Trinajstić information content (AvgIpc) is 3.10. The predicted molar refractivity (Wildman–Crippen MR) is 79.3 cm³/mol. The number of carbonyl (C=O) groups excluding carboxylic acids is 1. The molecule has 0 unspecified atom stereocenters. The number of rotatable bonds is 3. The third-order valence-corrected chi connectivity index (χ3v) is 3.59. The largest absolute Gasteiger partial charge is 0.469 e. The lowest BCUT2D eigenvalue weighted by atomic mass is 10.2. The minimum absolute atomic E-state index is 0.143. The van der Waals surface area contributed by atoms with Gasteiger partial charge in [-0.05, 0) is 50.1 Å². The molecule has 1 N–H and O–H groups in total. The molecule has 1 fully saturated rings. The standard InChI is InChI=1S/C16H18N2O2/c1-12-10-13(11-20-12)16(19)17-14-4-6-15(7-5-14)18-8-2-3-9-18/h4-7,10-11H,2-3,8-9H2,1H3,(H,17,19). The molecule has 0 spiro atoms. The van der Waals surface area contributed by atoms with Crippen LogP contribution in [-0.4, -0.2) is 19.0 Å². The molecule has 0 aliphatic carbocycles. The number of anilines is 2. The van der Waals surface area contributed by atoms with Gasteiger partial charge in [-0.3, -0.25) is 4.79 Å². The van der Waals surface area contributed by atoms with Crippen molar-refractivity contribution in [1.82, 2.24) is 0 Å². The number of nitrogens with one attached hydrogen (secondary N) is 1. The second-order valence-electron chi connectivity index (χ2n) is 5.14. The van der Waals surface area contributed by atoms with Gasteiger partial charge in [-0.1, -0.05) is 0 Å². The molecule has 1 saturated heterocycles. The Bertz CT molecular complexity index is 595. The van der Waals surface area contributed by atoms with Gasteiger partial charge in [0, 0.05) is 24.5 Å². The van der Waals surface area contributed by atoms with Crippen LogP contribution < -0.4 is 10.2 Å². The molecule has 20 heavy (non-hydrogen) atoms. The highest BCUT2D eigenvalue weighted by Gasteiger charge is 2.13. The highest BCUT2D eigenvalue weighted by molar-refractivity contribution is 6.04. The Balaban J connectivity index is 1.67. The topological polar surface area (TPSA) is 45.5 Å². The molecule has 0 radical (unpaired) electrons. The zero-order valence-corrected chi connectivity index (χ0v) is 11.6. The van der Waals surface area contributed by atoms with Crippen LogP contribution in [0.3, 0.4) is 0 Å². The summed E-state index contributed by atoms with van der Waals surface area (Å²) < 4.78 is 5.14. The molecule has 1 aliphatic heterocycles. The molecule has 2 aromatic rings. The van der Waals surface area contributed by atoms with Crippen molar-refractivity contribution >= 4 is 17.3 Å². The van der Waals surface area contributed by atoms with Crippen molar-refractivity contribution in [3.05, 3.63) is 47.9 Å². The van der Waals surface area contributed by atoms with E-state index in [9.17, 15) is 4.79 Å². The summed E-state index contributed by atoms with van der Waals surface area (Å²) in [6.45, 7) is 4.07. The first-order valence-electron chi connectivity index (χ1n) is 6.94. The Morgan fingerprint density at radius 3 is 2.50 bits per heavy atom. The summed E-state index contributed by atoms with van der Waals surface area (Å²) in [4.78, 5) is 14.4. The van der Waals surface area contributed by atoms with Crippen molar-refractivity contribution in [2.75, 3.05) is 23.3 Å². The maximum absolute atomic E-state index is 12.0. The van der Waals surface area contributed by atoms with Crippen molar-refractivity contribution in [1.29, 1.82) is 0 Å². The van der Waals surface area contributed by atoms with E-state index < -0.39 is 0 Å². The van der Waals surface area contributed by atoms with Crippen LogP contribution in [0.4, 0.5) is 11.4 Å². The summed E-state index contributed by atoms with van der Waals surface area (Å²) in [7, 11) is 0. The third-order valence-electron chi connectivity index (χ3n) is 3.59. The molecule has 1 aromatic carbocycles. The van der Waals surface area contributed by atoms with E-state index in [2.05, 4.69) is 22.3 Å². The molecule has 4 heteroatoms. The zero-order chi connectivity index (χ0) is 13.9. The van der Waals surface area contributed by atoms with E-state index in [1.165, 1.54) is 24.8 Å². The number of hydrogen-bond acceptors (Lipinski definition) is 3. The SMILES string of the molecule is Cc1cc(C(=O)Nc2ccc(N3CCCC3)cc2)co1. The van der Waals surface area contributed by atoms with Crippen LogP contribution in [-0.2, 0) is 0 Å². The van der Waals surface area contributed by atoms with E-state index >= 15 is 0 Å². The first kappa shape index (κ1) is 12.8. The van der Waals surface area contributed by atoms with E-state index in [1.54, 1.807) is 6.07 Å². The summed E-state index contributed by atoms with van der Waals surface area (Å²) in [6.07, 6.45) is 4.00. The second-order valence-corrected chi connectivity index (χ2v) is 5.14. The van der Waals surface area contributed by atoms with Crippen LogP contribution in [0.5, 0.6) is 0 Å². The molecule has 4 nitrogen and oxygen atoms in total. The molecular formula is C16H18N2O2. The Hall–Kier alpha value is -2.23. The normalized spacial score (nSPS) is 14.6. The minimum Gasteiger partial charge on any atom is -0.469 e. The fourth-order valence-electron chi connectivity index (χ4n) is 2.50. The monoisotopic (exact) mass is 270 g/mol. The lowest BCUT2D eigenvalue weighted by molar-refractivity contribution is 0.102. The molecule has 0 saturated carbocycles. The van der Waals surface area contributed by atoms with Gasteiger partial charge in [0.15, 0.2) is 0 Å². The van der Waals surface area contributed by atoms with E-state index in [0.29, 0.717) is 5.56 Å². The molecule has 1 amide bonds. The van der Waals surface area contributed by atoms with Crippen LogP contribution in [0.25, 0.3) is 0 Å².